The Morgan fingerprint density at radius 1 is 1.06 bits per heavy atom. The Bertz CT molecular complexity index is 485. The smallest absolute Gasteiger partial charge is 0.123 e. The molecule has 2 aromatic carbocycles. The first kappa shape index (κ1) is 13.7. The van der Waals surface area contributed by atoms with Crippen LogP contribution in [0.5, 0.6) is 0 Å². The van der Waals surface area contributed by atoms with E-state index in [4.69, 9.17) is 5.73 Å². The van der Waals surface area contributed by atoms with Crippen molar-refractivity contribution in [2.45, 2.75) is 13.0 Å². The average molecular weight is 252 g/mol. The Hall–Kier alpha value is -1.38. The van der Waals surface area contributed by atoms with Crippen molar-refractivity contribution in [3.05, 3.63) is 71.0 Å². The largest absolute Gasteiger partial charge is 0.320 e. The molecular formula is C14H15ClFN. The van der Waals surface area contributed by atoms with Gasteiger partial charge in [0.15, 0.2) is 0 Å². The second-order valence-electron chi connectivity index (χ2n) is 3.89. The zero-order chi connectivity index (χ0) is 11.5. The van der Waals surface area contributed by atoms with Crippen molar-refractivity contribution < 1.29 is 4.39 Å². The van der Waals surface area contributed by atoms with Gasteiger partial charge in [0.25, 0.3) is 0 Å². The zero-order valence-corrected chi connectivity index (χ0v) is 10.4. The number of benzene rings is 2. The Kier molecular flexibility index (Phi) is 4.67. The van der Waals surface area contributed by atoms with Gasteiger partial charge in [-0.2, -0.15) is 0 Å². The molecule has 1 atom stereocenters. The lowest BCUT2D eigenvalue weighted by atomic mass is 9.96. The summed E-state index contributed by atoms with van der Waals surface area (Å²) >= 11 is 0. The van der Waals surface area contributed by atoms with Crippen molar-refractivity contribution in [3.63, 3.8) is 0 Å². The van der Waals surface area contributed by atoms with Gasteiger partial charge in [0.1, 0.15) is 5.82 Å². The summed E-state index contributed by atoms with van der Waals surface area (Å²) in [6.07, 6.45) is 0. The summed E-state index contributed by atoms with van der Waals surface area (Å²) in [5.74, 6) is -0.244. The van der Waals surface area contributed by atoms with Gasteiger partial charge >= 0.3 is 0 Å². The Labute approximate surface area is 107 Å². The highest BCUT2D eigenvalue weighted by Crippen LogP contribution is 2.23. The number of aryl methyl sites for hydroxylation is 1. The van der Waals surface area contributed by atoms with Gasteiger partial charge in [-0.25, -0.2) is 4.39 Å². The highest BCUT2D eigenvalue weighted by molar-refractivity contribution is 5.85. The maximum Gasteiger partial charge on any atom is 0.123 e. The van der Waals surface area contributed by atoms with Crippen molar-refractivity contribution in [1.29, 1.82) is 0 Å². The monoisotopic (exact) mass is 251 g/mol. The SMILES string of the molecule is Cc1ccc(F)cc1C(N)c1ccccc1.Cl. The highest BCUT2D eigenvalue weighted by atomic mass is 35.5. The van der Waals surface area contributed by atoms with Gasteiger partial charge in [-0.1, -0.05) is 36.4 Å². The molecule has 2 rings (SSSR count). The van der Waals surface area contributed by atoms with Crippen molar-refractivity contribution in [2.24, 2.45) is 5.73 Å². The van der Waals surface area contributed by atoms with E-state index < -0.39 is 0 Å². The summed E-state index contributed by atoms with van der Waals surface area (Å²) in [4.78, 5) is 0. The molecule has 90 valence electrons. The van der Waals surface area contributed by atoms with Gasteiger partial charge in [-0.05, 0) is 35.7 Å². The van der Waals surface area contributed by atoms with Gasteiger partial charge in [0, 0.05) is 0 Å². The van der Waals surface area contributed by atoms with Crippen LogP contribution >= 0.6 is 12.4 Å². The maximum absolute atomic E-state index is 13.2. The predicted octanol–water partition coefficient (Wildman–Crippen LogP) is 3.60. The normalized spacial score (nSPS) is 11.7. The maximum atomic E-state index is 13.2. The van der Waals surface area contributed by atoms with E-state index in [9.17, 15) is 4.39 Å². The summed E-state index contributed by atoms with van der Waals surface area (Å²) in [6.45, 7) is 1.94. The first-order valence-corrected chi connectivity index (χ1v) is 5.25. The molecule has 0 saturated heterocycles. The minimum atomic E-state index is -0.267. The standard InChI is InChI=1S/C14H14FN.ClH/c1-10-7-8-12(15)9-13(10)14(16)11-5-3-2-4-6-11;/h2-9,14H,16H2,1H3;1H. The van der Waals surface area contributed by atoms with Crippen LogP contribution in [0.25, 0.3) is 0 Å². The van der Waals surface area contributed by atoms with Crippen LogP contribution in [0.2, 0.25) is 0 Å². The molecule has 0 radical (unpaired) electrons. The molecule has 0 fully saturated rings. The molecule has 0 aliphatic heterocycles. The van der Waals surface area contributed by atoms with E-state index in [-0.39, 0.29) is 24.3 Å². The van der Waals surface area contributed by atoms with Gasteiger partial charge in [0.05, 0.1) is 6.04 Å². The van der Waals surface area contributed by atoms with Gasteiger partial charge in [-0.15, -0.1) is 12.4 Å². The van der Waals surface area contributed by atoms with Crippen molar-refractivity contribution >= 4 is 12.4 Å². The molecule has 2 aromatic rings. The lowest BCUT2D eigenvalue weighted by Crippen LogP contribution is -2.13. The van der Waals surface area contributed by atoms with Crippen LogP contribution in [0, 0.1) is 12.7 Å². The molecule has 0 heterocycles. The second-order valence-corrected chi connectivity index (χ2v) is 3.89. The summed E-state index contributed by atoms with van der Waals surface area (Å²) < 4.78 is 13.2. The van der Waals surface area contributed by atoms with Crippen LogP contribution in [-0.4, -0.2) is 0 Å². The summed E-state index contributed by atoms with van der Waals surface area (Å²) in [6, 6.07) is 14.2. The second kappa shape index (κ2) is 5.80. The van der Waals surface area contributed by atoms with Crippen molar-refractivity contribution in [2.75, 3.05) is 0 Å². The lowest BCUT2D eigenvalue weighted by Gasteiger charge is -2.15. The van der Waals surface area contributed by atoms with Crippen LogP contribution in [0.3, 0.4) is 0 Å². The molecule has 0 saturated carbocycles. The molecule has 0 bridgehead atoms. The topological polar surface area (TPSA) is 26.0 Å². The Morgan fingerprint density at radius 2 is 1.71 bits per heavy atom. The average Bonchev–Trinajstić information content (AvgIpc) is 2.32. The van der Waals surface area contributed by atoms with Gasteiger partial charge in [0.2, 0.25) is 0 Å². The zero-order valence-electron chi connectivity index (χ0n) is 9.56. The summed E-state index contributed by atoms with van der Waals surface area (Å²) in [7, 11) is 0. The summed E-state index contributed by atoms with van der Waals surface area (Å²) in [5.41, 5.74) is 8.97. The first-order chi connectivity index (χ1) is 7.68. The lowest BCUT2D eigenvalue weighted by molar-refractivity contribution is 0.622. The molecule has 0 aliphatic carbocycles. The molecular weight excluding hydrogens is 237 g/mol. The predicted molar refractivity (Wildman–Crippen MR) is 70.9 cm³/mol. The molecule has 2 N–H and O–H groups in total. The van der Waals surface area contributed by atoms with Crippen LogP contribution in [0.1, 0.15) is 22.7 Å². The Morgan fingerprint density at radius 3 is 2.35 bits per heavy atom. The fourth-order valence-electron chi connectivity index (χ4n) is 1.79. The molecule has 1 nitrogen and oxygen atoms in total. The number of hydrogen-bond acceptors (Lipinski definition) is 1. The van der Waals surface area contributed by atoms with Gasteiger partial charge < -0.3 is 5.73 Å². The minimum absolute atomic E-state index is 0. The van der Waals surface area contributed by atoms with Crippen molar-refractivity contribution in [3.8, 4) is 0 Å². The van der Waals surface area contributed by atoms with E-state index >= 15 is 0 Å². The van der Waals surface area contributed by atoms with E-state index in [1.54, 1.807) is 6.07 Å². The molecule has 0 spiro atoms. The van der Waals surface area contributed by atoms with Crippen LogP contribution in [0.15, 0.2) is 48.5 Å². The fourth-order valence-corrected chi connectivity index (χ4v) is 1.79. The van der Waals surface area contributed by atoms with E-state index in [0.717, 1.165) is 16.7 Å². The van der Waals surface area contributed by atoms with Crippen molar-refractivity contribution in [1.82, 2.24) is 0 Å². The van der Waals surface area contributed by atoms with E-state index in [1.807, 2.05) is 37.3 Å². The van der Waals surface area contributed by atoms with Crippen LogP contribution in [-0.2, 0) is 0 Å². The first-order valence-electron chi connectivity index (χ1n) is 5.25. The van der Waals surface area contributed by atoms with Gasteiger partial charge in [-0.3, -0.25) is 0 Å². The molecule has 0 aromatic heterocycles. The Balaban J connectivity index is 0.00000144. The number of halogens is 2. The number of rotatable bonds is 2. The van der Waals surface area contributed by atoms with E-state index in [1.165, 1.54) is 12.1 Å². The highest BCUT2D eigenvalue weighted by Gasteiger charge is 2.11. The van der Waals surface area contributed by atoms with E-state index in [2.05, 4.69) is 0 Å². The molecule has 17 heavy (non-hydrogen) atoms. The van der Waals surface area contributed by atoms with Crippen LogP contribution < -0.4 is 5.73 Å². The number of nitrogens with two attached hydrogens (primary N) is 1. The molecule has 3 heteroatoms. The summed E-state index contributed by atoms with van der Waals surface area (Å²) in [5, 5.41) is 0. The number of hydrogen-bond donors (Lipinski definition) is 1. The molecule has 1 unspecified atom stereocenters. The fraction of sp³-hybridized carbons (Fsp3) is 0.143. The quantitative estimate of drug-likeness (QED) is 0.867. The third-order valence-corrected chi connectivity index (χ3v) is 2.74. The third-order valence-electron chi connectivity index (χ3n) is 2.74. The third kappa shape index (κ3) is 3.05. The van der Waals surface area contributed by atoms with Crippen LogP contribution in [0.4, 0.5) is 4.39 Å². The minimum Gasteiger partial charge on any atom is -0.320 e. The van der Waals surface area contributed by atoms with E-state index in [0.29, 0.717) is 0 Å². The molecule has 0 amide bonds. The molecule has 0 aliphatic rings.